The second kappa shape index (κ2) is 11.0. The van der Waals surface area contributed by atoms with Crippen molar-refractivity contribution in [1.29, 1.82) is 0 Å². The van der Waals surface area contributed by atoms with Gasteiger partial charge in [-0.2, -0.15) is 0 Å². The topological polar surface area (TPSA) is 75.3 Å². The van der Waals surface area contributed by atoms with Gasteiger partial charge in [0.05, 0.1) is 0 Å². The van der Waals surface area contributed by atoms with Crippen molar-refractivity contribution in [2.45, 2.75) is 112 Å². The molecule has 0 heterocycles. The van der Waals surface area contributed by atoms with Crippen LogP contribution in [0.3, 0.4) is 0 Å². The first-order valence-electron chi connectivity index (χ1n) is 14.2. The monoisotopic (exact) mass is 462 g/mol. The Bertz CT molecular complexity index is 652. The Labute approximate surface area is 204 Å². The third kappa shape index (κ3) is 5.63. The highest BCUT2D eigenvalue weighted by Crippen LogP contribution is 2.68. The van der Waals surface area contributed by atoms with Gasteiger partial charge in [-0.15, -0.1) is 0 Å². The predicted molar refractivity (Wildman–Crippen MR) is 138 cm³/mol. The first kappa shape index (κ1) is 27.0. The van der Waals surface area contributed by atoms with Crippen molar-refractivity contribution in [1.82, 2.24) is 5.32 Å². The van der Waals surface area contributed by atoms with Crippen molar-refractivity contribution in [3.05, 3.63) is 0 Å². The number of nitrogens with one attached hydrogen (secondary N) is 1. The predicted octanol–water partition coefficient (Wildman–Crippen LogP) is 6.34. The van der Waals surface area contributed by atoms with Crippen molar-refractivity contribution in [2.75, 3.05) is 13.1 Å². The van der Waals surface area contributed by atoms with Crippen molar-refractivity contribution in [3.8, 4) is 0 Å². The van der Waals surface area contributed by atoms with E-state index in [1.165, 1.54) is 51.4 Å². The van der Waals surface area contributed by atoms with Gasteiger partial charge in [-0.25, -0.2) is 0 Å². The van der Waals surface area contributed by atoms with E-state index in [-0.39, 0.29) is 0 Å². The van der Waals surface area contributed by atoms with Crippen LogP contribution in [0.2, 0.25) is 0 Å². The molecule has 7 unspecified atom stereocenters. The fraction of sp³-hybridized carbons (Fsp3) is 0.966. The summed E-state index contributed by atoms with van der Waals surface area (Å²) in [6.07, 6.45) is 12.8. The van der Waals surface area contributed by atoms with Crippen LogP contribution in [-0.4, -0.2) is 30.2 Å². The molecule has 0 aromatic carbocycles. The van der Waals surface area contributed by atoms with Crippen molar-refractivity contribution in [3.63, 3.8) is 0 Å². The summed E-state index contributed by atoms with van der Waals surface area (Å²) in [7, 11) is 0. The molecule has 4 saturated carbocycles. The minimum Gasteiger partial charge on any atom is -0.481 e. The molecule has 0 aliphatic heterocycles. The zero-order valence-corrected chi connectivity index (χ0v) is 22.5. The molecule has 4 aliphatic rings. The number of carboxylic acid groups (broad SMARTS) is 1. The molecule has 0 aromatic rings. The maximum Gasteiger partial charge on any atom is 0.303 e. The summed E-state index contributed by atoms with van der Waals surface area (Å²) in [6.45, 7) is 16.3. The lowest BCUT2D eigenvalue weighted by Crippen LogP contribution is -2.57. The van der Waals surface area contributed by atoms with Crippen LogP contribution >= 0.6 is 0 Å². The molecule has 0 spiro atoms. The molecule has 0 saturated heterocycles. The van der Waals surface area contributed by atoms with Gasteiger partial charge in [0.1, 0.15) is 0 Å². The lowest BCUT2D eigenvalue weighted by molar-refractivity contribution is -0.137. The number of aliphatic carboxylic acids is 1. The van der Waals surface area contributed by atoms with E-state index in [1.807, 2.05) is 13.8 Å². The lowest BCUT2D eigenvalue weighted by atomic mass is 9.42. The smallest absolute Gasteiger partial charge is 0.303 e. The average Bonchev–Trinajstić information content (AvgIpc) is 3.06. The maximum absolute atomic E-state index is 9.90. The zero-order valence-electron chi connectivity index (χ0n) is 22.5. The molecule has 9 atom stereocenters. The fourth-order valence-corrected chi connectivity index (χ4v) is 8.78. The minimum atomic E-state index is -0.696. The molecular formula is C29H54N2O2. The third-order valence-corrected chi connectivity index (χ3v) is 11.0. The maximum atomic E-state index is 9.90. The second-order valence-corrected chi connectivity index (χ2v) is 13.3. The molecule has 33 heavy (non-hydrogen) atoms. The molecule has 4 rings (SSSR count). The first-order valence-corrected chi connectivity index (χ1v) is 14.2. The van der Waals surface area contributed by atoms with Crippen LogP contribution in [0.15, 0.2) is 0 Å². The Hall–Kier alpha value is -0.610. The summed E-state index contributed by atoms with van der Waals surface area (Å²) in [4.78, 5) is 9.90. The van der Waals surface area contributed by atoms with E-state index in [9.17, 15) is 4.79 Å². The number of hydrogen-bond acceptors (Lipinski definition) is 3. The molecule has 0 radical (unpaired) electrons. The standard InChI is InChI=1S/C23H42N2.C6H12O2/c1-15-13-17-14-18(25-12-11-24)7-9-23(17,4)20-8-10-22(3)16(2)5-6-19(22)21(15)20;1-5(2)3-4-6(7)8/h15-21,25H,5-14,24H2,1-4H3;5H,3-4H2,1-2H3,(H,7,8)/t15-,16?,17?,18-,19?,20?,21?,22?,23?;/m1./s1. The van der Waals surface area contributed by atoms with Gasteiger partial charge in [-0.3, -0.25) is 4.79 Å². The number of carboxylic acids is 1. The SMILES string of the molecule is CC(C)CCC(=O)O.CC1CCC2C3C(CCC12C)C1(C)CC[C@@H](NCCN)CC1C[C@H]3C. The van der Waals surface area contributed by atoms with Gasteiger partial charge in [0.2, 0.25) is 0 Å². The molecule has 0 amide bonds. The van der Waals surface area contributed by atoms with E-state index in [0.717, 1.165) is 61.1 Å². The highest BCUT2D eigenvalue weighted by molar-refractivity contribution is 5.66. The normalized spacial score (nSPS) is 44.3. The van der Waals surface area contributed by atoms with Gasteiger partial charge in [-0.1, -0.05) is 41.5 Å². The van der Waals surface area contributed by atoms with Crippen molar-refractivity contribution >= 4 is 5.97 Å². The van der Waals surface area contributed by atoms with Gasteiger partial charge in [0, 0.05) is 25.6 Å². The Balaban J connectivity index is 0.000000331. The highest BCUT2D eigenvalue weighted by atomic mass is 16.4. The Morgan fingerprint density at radius 1 is 1.03 bits per heavy atom. The number of rotatable bonds is 6. The highest BCUT2D eigenvalue weighted by Gasteiger charge is 2.61. The molecule has 0 aromatic heterocycles. The van der Waals surface area contributed by atoms with Crippen LogP contribution in [-0.2, 0) is 4.79 Å². The largest absolute Gasteiger partial charge is 0.481 e. The summed E-state index contributed by atoms with van der Waals surface area (Å²) in [5.41, 5.74) is 6.99. The van der Waals surface area contributed by atoms with Crippen LogP contribution in [0.1, 0.15) is 106 Å². The molecule has 0 bridgehead atoms. The summed E-state index contributed by atoms with van der Waals surface area (Å²) in [6, 6.07) is 0.728. The summed E-state index contributed by atoms with van der Waals surface area (Å²) in [5.74, 6) is 5.67. The third-order valence-electron chi connectivity index (χ3n) is 11.0. The molecular weight excluding hydrogens is 408 g/mol. The first-order chi connectivity index (χ1) is 15.5. The van der Waals surface area contributed by atoms with Gasteiger partial charge >= 0.3 is 5.97 Å². The quantitative estimate of drug-likeness (QED) is 0.431. The van der Waals surface area contributed by atoms with Gasteiger partial charge in [0.15, 0.2) is 0 Å². The summed E-state index contributed by atoms with van der Waals surface area (Å²) < 4.78 is 0. The van der Waals surface area contributed by atoms with E-state index in [2.05, 4.69) is 33.0 Å². The minimum absolute atomic E-state index is 0.303. The van der Waals surface area contributed by atoms with E-state index in [0.29, 0.717) is 23.2 Å². The van der Waals surface area contributed by atoms with Crippen molar-refractivity contribution < 1.29 is 9.90 Å². The number of nitrogens with two attached hydrogens (primary N) is 1. The average molecular weight is 463 g/mol. The van der Waals surface area contributed by atoms with E-state index in [4.69, 9.17) is 10.8 Å². The summed E-state index contributed by atoms with van der Waals surface area (Å²) >= 11 is 0. The molecule has 4 heteroatoms. The molecule has 192 valence electrons. The molecule has 4 nitrogen and oxygen atoms in total. The summed E-state index contributed by atoms with van der Waals surface area (Å²) in [5, 5.41) is 11.9. The van der Waals surface area contributed by atoms with Gasteiger partial charge in [-0.05, 0) is 110 Å². The van der Waals surface area contributed by atoms with Crippen LogP contribution in [0.4, 0.5) is 0 Å². The van der Waals surface area contributed by atoms with Crippen LogP contribution in [0.25, 0.3) is 0 Å². The lowest BCUT2D eigenvalue weighted by Gasteiger charge is -2.63. The van der Waals surface area contributed by atoms with Crippen LogP contribution < -0.4 is 11.1 Å². The number of fused-ring (bicyclic) bond motifs is 5. The van der Waals surface area contributed by atoms with Crippen molar-refractivity contribution in [2.24, 2.45) is 58.0 Å². The molecule has 4 N–H and O–H groups in total. The van der Waals surface area contributed by atoms with E-state index in [1.54, 1.807) is 0 Å². The van der Waals surface area contributed by atoms with E-state index < -0.39 is 5.97 Å². The number of carbonyl (C=O) groups is 1. The van der Waals surface area contributed by atoms with Crippen LogP contribution in [0.5, 0.6) is 0 Å². The Morgan fingerprint density at radius 3 is 2.30 bits per heavy atom. The Morgan fingerprint density at radius 2 is 1.70 bits per heavy atom. The fourth-order valence-electron chi connectivity index (χ4n) is 8.78. The number of hydrogen-bond donors (Lipinski definition) is 3. The molecule has 4 fully saturated rings. The molecule has 4 aliphatic carbocycles. The van der Waals surface area contributed by atoms with E-state index >= 15 is 0 Å². The Kier molecular flexibility index (Phi) is 8.98. The van der Waals surface area contributed by atoms with Crippen LogP contribution in [0, 0.1) is 52.3 Å². The van der Waals surface area contributed by atoms with Gasteiger partial charge < -0.3 is 16.2 Å². The zero-order chi connectivity index (χ0) is 24.4. The van der Waals surface area contributed by atoms with Gasteiger partial charge in [0.25, 0.3) is 0 Å². The second-order valence-electron chi connectivity index (χ2n) is 13.3.